The number of halogens is 2. The average Bonchev–Trinajstić information content (AvgIpc) is 3.12. The number of hydrogen-bond acceptors (Lipinski definition) is 2. The Hall–Kier alpha value is -1.13. The van der Waals surface area contributed by atoms with Crippen molar-refractivity contribution in [1.29, 1.82) is 0 Å². The molecule has 3 nitrogen and oxygen atoms in total. The molecule has 2 fully saturated rings. The molecule has 1 saturated heterocycles. The Morgan fingerprint density at radius 2 is 2.17 bits per heavy atom. The van der Waals surface area contributed by atoms with Gasteiger partial charge in [-0.05, 0) is 61.4 Å². The fourth-order valence-electron chi connectivity index (χ4n) is 4.73. The van der Waals surface area contributed by atoms with Crippen molar-refractivity contribution >= 4 is 18.3 Å². The number of aryl methyl sites for hydroxylation is 1. The van der Waals surface area contributed by atoms with Crippen LogP contribution < -0.4 is 10.6 Å². The molecular formula is C18H24ClFN2O. The molecule has 0 bridgehead atoms. The van der Waals surface area contributed by atoms with E-state index in [0.29, 0.717) is 5.92 Å². The van der Waals surface area contributed by atoms with Crippen molar-refractivity contribution in [2.75, 3.05) is 13.1 Å². The molecule has 1 saturated carbocycles. The van der Waals surface area contributed by atoms with E-state index in [1.165, 1.54) is 12.5 Å². The highest BCUT2D eigenvalue weighted by Gasteiger charge is 2.50. The molecule has 126 valence electrons. The van der Waals surface area contributed by atoms with Crippen LogP contribution in [0.25, 0.3) is 0 Å². The summed E-state index contributed by atoms with van der Waals surface area (Å²) >= 11 is 0. The molecule has 0 spiro atoms. The van der Waals surface area contributed by atoms with Gasteiger partial charge in [-0.3, -0.25) is 4.79 Å². The zero-order chi connectivity index (χ0) is 15.2. The van der Waals surface area contributed by atoms with E-state index in [1.54, 1.807) is 6.07 Å². The summed E-state index contributed by atoms with van der Waals surface area (Å²) in [6, 6.07) is 5.01. The van der Waals surface area contributed by atoms with Crippen molar-refractivity contribution in [2.24, 2.45) is 11.3 Å². The first-order chi connectivity index (χ1) is 10.7. The van der Waals surface area contributed by atoms with Gasteiger partial charge in [-0.1, -0.05) is 18.9 Å². The van der Waals surface area contributed by atoms with Gasteiger partial charge in [0.25, 0.3) is 0 Å². The van der Waals surface area contributed by atoms with Gasteiger partial charge in [0.15, 0.2) is 0 Å². The fourth-order valence-corrected chi connectivity index (χ4v) is 4.73. The van der Waals surface area contributed by atoms with Crippen LogP contribution in [0.2, 0.25) is 0 Å². The van der Waals surface area contributed by atoms with E-state index < -0.39 is 0 Å². The Kier molecular flexibility index (Phi) is 4.65. The van der Waals surface area contributed by atoms with Gasteiger partial charge in [-0.15, -0.1) is 12.4 Å². The second-order valence-corrected chi connectivity index (χ2v) is 7.14. The lowest BCUT2D eigenvalue weighted by Crippen LogP contribution is -2.48. The van der Waals surface area contributed by atoms with Crippen molar-refractivity contribution in [3.63, 3.8) is 0 Å². The van der Waals surface area contributed by atoms with Gasteiger partial charge in [0, 0.05) is 6.54 Å². The lowest BCUT2D eigenvalue weighted by atomic mass is 9.67. The molecule has 2 N–H and O–H groups in total. The van der Waals surface area contributed by atoms with Crippen LogP contribution in [0.4, 0.5) is 4.39 Å². The number of benzene rings is 1. The third-order valence-electron chi connectivity index (χ3n) is 5.98. The highest BCUT2D eigenvalue weighted by Crippen LogP contribution is 2.44. The van der Waals surface area contributed by atoms with E-state index in [1.807, 2.05) is 6.07 Å². The Balaban J connectivity index is 0.00000156. The second kappa shape index (κ2) is 6.40. The van der Waals surface area contributed by atoms with Crippen LogP contribution in [-0.2, 0) is 11.2 Å². The third-order valence-corrected chi connectivity index (χ3v) is 5.98. The molecule has 1 aromatic carbocycles. The van der Waals surface area contributed by atoms with Gasteiger partial charge in [-0.2, -0.15) is 0 Å². The van der Waals surface area contributed by atoms with E-state index >= 15 is 0 Å². The predicted octanol–water partition coefficient (Wildman–Crippen LogP) is 3.13. The van der Waals surface area contributed by atoms with Gasteiger partial charge in [0.2, 0.25) is 5.91 Å². The number of amides is 1. The molecule has 1 unspecified atom stereocenters. The normalized spacial score (nSPS) is 31.9. The van der Waals surface area contributed by atoms with Crippen molar-refractivity contribution in [2.45, 2.75) is 44.6 Å². The summed E-state index contributed by atoms with van der Waals surface area (Å²) in [4.78, 5) is 13.0. The molecule has 1 amide bonds. The summed E-state index contributed by atoms with van der Waals surface area (Å²) in [7, 11) is 0. The smallest absolute Gasteiger partial charge is 0.228 e. The number of hydrogen-bond donors (Lipinski definition) is 2. The minimum Gasteiger partial charge on any atom is -0.349 e. The number of nitrogens with one attached hydrogen (secondary N) is 2. The van der Waals surface area contributed by atoms with E-state index in [-0.39, 0.29) is 35.6 Å². The van der Waals surface area contributed by atoms with Crippen LogP contribution in [0.15, 0.2) is 18.2 Å². The van der Waals surface area contributed by atoms with Crippen LogP contribution in [0.1, 0.15) is 49.3 Å². The summed E-state index contributed by atoms with van der Waals surface area (Å²) in [6.07, 6.45) is 6.29. The van der Waals surface area contributed by atoms with Crippen LogP contribution in [-0.4, -0.2) is 19.0 Å². The Labute approximate surface area is 142 Å². The molecule has 1 aliphatic heterocycles. The highest BCUT2D eigenvalue weighted by molar-refractivity contribution is 5.85. The molecule has 3 atom stereocenters. The summed E-state index contributed by atoms with van der Waals surface area (Å²) in [5.74, 6) is 0.511. The maximum absolute atomic E-state index is 13.3. The fraction of sp³-hybridized carbons (Fsp3) is 0.611. The Morgan fingerprint density at radius 3 is 3.04 bits per heavy atom. The molecule has 23 heavy (non-hydrogen) atoms. The van der Waals surface area contributed by atoms with E-state index in [9.17, 15) is 9.18 Å². The van der Waals surface area contributed by atoms with Gasteiger partial charge < -0.3 is 10.6 Å². The average molecular weight is 339 g/mol. The summed E-state index contributed by atoms with van der Waals surface area (Å²) in [5, 5.41) is 6.71. The predicted molar refractivity (Wildman–Crippen MR) is 90.1 cm³/mol. The molecule has 4 rings (SSSR count). The molecule has 2 aliphatic carbocycles. The van der Waals surface area contributed by atoms with Crippen molar-refractivity contribution < 1.29 is 9.18 Å². The topological polar surface area (TPSA) is 41.1 Å². The molecule has 1 heterocycles. The van der Waals surface area contributed by atoms with Crippen LogP contribution in [0.5, 0.6) is 0 Å². The number of carbonyl (C=O) groups is 1. The van der Waals surface area contributed by atoms with Gasteiger partial charge >= 0.3 is 0 Å². The summed E-state index contributed by atoms with van der Waals surface area (Å²) in [6.45, 7) is 1.78. The molecule has 0 radical (unpaired) electrons. The zero-order valence-electron chi connectivity index (χ0n) is 13.2. The van der Waals surface area contributed by atoms with E-state index in [4.69, 9.17) is 0 Å². The second-order valence-electron chi connectivity index (χ2n) is 7.14. The first kappa shape index (κ1) is 16.7. The summed E-state index contributed by atoms with van der Waals surface area (Å²) in [5.41, 5.74) is 1.94. The van der Waals surface area contributed by atoms with Crippen molar-refractivity contribution in [3.8, 4) is 0 Å². The standard InChI is InChI=1S/C18H23FN2O.ClH/c19-14-5-6-15-12(9-14)4-7-16(15)21-17(22)18-8-2-1-3-13(18)10-20-11-18;/h5-6,9,13,16,20H,1-4,7-8,10-11H2,(H,21,22);1H/t13-,16?,18+;/m0./s1. The number of carbonyl (C=O) groups excluding carboxylic acids is 1. The minimum absolute atomic E-state index is 0. The third kappa shape index (κ3) is 2.76. The van der Waals surface area contributed by atoms with Crippen molar-refractivity contribution in [1.82, 2.24) is 10.6 Å². The first-order valence-corrected chi connectivity index (χ1v) is 8.49. The van der Waals surface area contributed by atoms with Crippen LogP contribution in [0, 0.1) is 17.2 Å². The monoisotopic (exact) mass is 338 g/mol. The van der Waals surface area contributed by atoms with E-state index in [2.05, 4.69) is 10.6 Å². The molecule has 0 aromatic heterocycles. The quantitative estimate of drug-likeness (QED) is 0.870. The van der Waals surface area contributed by atoms with Gasteiger partial charge in [0.05, 0.1) is 11.5 Å². The largest absolute Gasteiger partial charge is 0.349 e. The maximum Gasteiger partial charge on any atom is 0.228 e. The molecular weight excluding hydrogens is 315 g/mol. The Bertz CT molecular complexity index is 609. The number of rotatable bonds is 2. The molecule has 1 aromatic rings. The van der Waals surface area contributed by atoms with Gasteiger partial charge in [0.1, 0.15) is 5.82 Å². The lowest BCUT2D eigenvalue weighted by Gasteiger charge is -2.38. The van der Waals surface area contributed by atoms with Crippen LogP contribution >= 0.6 is 12.4 Å². The Morgan fingerprint density at radius 1 is 1.30 bits per heavy atom. The molecule has 3 aliphatic rings. The van der Waals surface area contributed by atoms with Crippen LogP contribution in [0.3, 0.4) is 0 Å². The molecule has 5 heteroatoms. The lowest BCUT2D eigenvalue weighted by molar-refractivity contribution is -0.134. The van der Waals surface area contributed by atoms with Gasteiger partial charge in [-0.25, -0.2) is 4.39 Å². The maximum atomic E-state index is 13.3. The minimum atomic E-state index is -0.207. The first-order valence-electron chi connectivity index (χ1n) is 8.49. The van der Waals surface area contributed by atoms with Crippen molar-refractivity contribution in [3.05, 3.63) is 35.1 Å². The summed E-state index contributed by atoms with van der Waals surface area (Å²) < 4.78 is 13.3. The zero-order valence-corrected chi connectivity index (χ0v) is 14.1. The SMILES string of the molecule is Cl.O=C(NC1CCc2cc(F)ccc21)[C@@]12CCCC[C@H]1CNC2. The highest BCUT2D eigenvalue weighted by atomic mass is 35.5. The number of fused-ring (bicyclic) bond motifs is 2. The van der Waals surface area contributed by atoms with E-state index in [0.717, 1.165) is 56.3 Å².